The lowest BCUT2D eigenvalue weighted by Gasteiger charge is -2.67. The Kier molecular flexibility index (Phi) is 4.74. The zero-order valence-corrected chi connectivity index (χ0v) is 18.0. The van der Waals surface area contributed by atoms with E-state index in [0.29, 0.717) is 24.4 Å². The van der Waals surface area contributed by atoms with Gasteiger partial charge in [-0.05, 0) is 39.5 Å². The van der Waals surface area contributed by atoms with Crippen LogP contribution >= 0.6 is 0 Å². The van der Waals surface area contributed by atoms with Crippen molar-refractivity contribution in [2.45, 2.75) is 102 Å². The fraction of sp³-hybridized carbons (Fsp3) is 1.00. The van der Waals surface area contributed by atoms with Crippen molar-refractivity contribution in [3.8, 4) is 0 Å². The van der Waals surface area contributed by atoms with E-state index in [1.54, 1.807) is 0 Å². The minimum Gasteiger partial charge on any atom is -0.274 e. The molecule has 4 atom stereocenters. The van der Waals surface area contributed by atoms with Crippen molar-refractivity contribution in [3.05, 3.63) is 0 Å². The summed E-state index contributed by atoms with van der Waals surface area (Å²) in [6.07, 6.45) is 12.7. The predicted octanol–water partition coefficient (Wildman–Crippen LogP) is 2.00. The van der Waals surface area contributed by atoms with E-state index in [1.165, 1.54) is 91.1 Å². The fourth-order valence-corrected chi connectivity index (χ4v) is 7.47. The standard InChI is InChI=1S/C22H40N6/c1-17-11-23-13-26(20-9-5-6-10-20)16-28-18(2)12-24-14-25(19-7-3-4-8-19)15-27(17)21(24)22(23)28/h17-22H,3-16H2,1-2H3. The normalized spacial score (nSPS) is 43.1. The van der Waals surface area contributed by atoms with Gasteiger partial charge in [0.15, 0.2) is 0 Å². The van der Waals surface area contributed by atoms with Crippen LogP contribution in [-0.2, 0) is 0 Å². The van der Waals surface area contributed by atoms with Crippen LogP contribution in [0.5, 0.6) is 0 Å². The summed E-state index contributed by atoms with van der Waals surface area (Å²) in [5.41, 5.74) is 0. The first-order valence-corrected chi connectivity index (χ1v) is 12.2. The van der Waals surface area contributed by atoms with Gasteiger partial charge in [-0.2, -0.15) is 0 Å². The van der Waals surface area contributed by atoms with Crippen molar-refractivity contribution >= 4 is 0 Å². The Morgan fingerprint density at radius 1 is 0.500 bits per heavy atom. The van der Waals surface area contributed by atoms with Gasteiger partial charge in [0, 0.05) is 37.3 Å². The molecule has 4 unspecified atom stereocenters. The van der Waals surface area contributed by atoms with E-state index in [1.807, 2.05) is 0 Å². The molecule has 0 bridgehead atoms. The molecule has 6 heteroatoms. The van der Waals surface area contributed by atoms with E-state index in [0.717, 1.165) is 12.1 Å². The molecule has 6 fully saturated rings. The molecule has 0 spiro atoms. The molecular weight excluding hydrogens is 348 g/mol. The molecular formula is C22H40N6. The quantitative estimate of drug-likeness (QED) is 0.716. The minimum absolute atomic E-state index is 0.600. The molecule has 4 heterocycles. The monoisotopic (exact) mass is 388 g/mol. The van der Waals surface area contributed by atoms with Crippen LogP contribution in [0.15, 0.2) is 0 Å². The van der Waals surface area contributed by atoms with Gasteiger partial charge in [-0.15, -0.1) is 0 Å². The summed E-state index contributed by atoms with van der Waals surface area (Å²) >= 11 is 0. The molecule has 6 nitrogen and oxygen atoms in total. The molecule has 4 aliphatic heterocycles. The van der Waals surface area contributed by atoms with E-state index < -0.39 is 0 Å². The summed E-state index contributed by atoms with van der Waals surface area (Å²) in [5, 5.41) is 0. The molecule has 0 aromatic carbocycles. The van der Waals surface area contributed by atoms with Crippen molar-refractivity contribution in [1.29, 1.82) is 0 Å². The Bertz CT molecular complexity index is 523. The Morgan fingerprint density at radius 2 is 0.893 bits per heavy atom. The third-order valence-electron chi connectivity index (χ3n) is 8.92. The zero-order valence-electron chi connectivity index (χ0n) is 18.0. The smallest absolute Gasteiger partial charge is 0.0946 e. The van der Waals surface area contributed by atoms with Crippen LogP contribution in [0.4, 0.5) is 0 Å². The Balaban J connectivity index is 1.26. The van der Waals surface area contributed by atoms with Gasteiger partial charge in [-0.1, -0.05) is 25.7 Å². The van der Waals surface area contributed by atoms with E-state index in [4.69, 9.17) is 0 Å². The third-order valence-corrected chi connectivity index (χ3v) is 8.92. The van der Waals surface area contributed by atoms with Crippen LogP contribution in [0.1, 0.15) is 65.2 Å². The van der Waals surface area contributed by atoms with Gasteiger partial charge in [0.05, 0.1) is 39.0 Å². The molecule has 28 heavy (non-hydrogen) atoms. The van der Waals surface area contributed by atoms with Gasteiger partial charge < -0.3 is 0 Å². The Hall–Kier alpha value is -0.240. The highest BCUT2D eigenvalue weighted by molar-refractivity contribution is 5.04. The maximum Gasteiger partial charge on any atom is 0.0946 e. The van der Waals surface area contributed by atoms with Gasteiger partial charge in [0.1, 0.15) is 0 Å². The van der Waals surface area contributed by atoms with Crippen molar-refractivity contribution in [2.75, 3.05) is 39.8 Å². The highest BCUT2D eigenvalue weighted by atomic mass is 15.7. The second-order valence-corrected chi connectivity index (χ2v) is 10.7. The lowest BCUT2D eigenvalue weighted by atomic mass is 9.98. The SMILES string of the molecule is CC1CN2CN(C3CCCC3)CN3C(C)CN4CN(C5CCCC5)CN1C4C23. The summed E-state index contributed by atoms with van der Waals surface area (Å²) in [7, 11) is 0. The summed E-state index contributed by atoms with van der Waals surface area (Å²) in [6, 6.07) is 2.99. The van der Waals surface area contributed by atoms with Crippen molar-refractivity contribution < 1.29 is 0 Å². The summed E-state index contributed by atoms with van der Waals surface area (Å²) in [5.74, 6) is 0. The first-order chi connectivity index (χ1) is 13.7. The molecule has 2 saturated carbocycles. The van der Waals surface area contributed by atoms with Crippen LogP contribution in [0.25, 0.3) is 0 Å². The molecule has 2 aliphatic carbocycles. The maximum atomic E-state index is 2.87. The molecule has 0 aromatic heterocycles. The third kappa shape index (κ3) is 2.90. The topological polar surface area (TPSA) is 19.4 Å². The second kappa shape index (κ2) is 7.17. The summed E-state index contributed by atoms with van der Waals surface area (Å²) in [4.78, 5) is 17.1. The van der Waals surface area contributed by atoms with Crippen LogP contribution in [0, 0.1) is 0 Å². The van der Waals surface area contributed by atoms with Gasteiger partial charge in [0.25, 0.3) is 0 Å². The molecule has 0 aromatic rings. The van der Waals surface area contributed by atoms with Crippen LogP contribution < -0.4 is 0 Å². The van der Waals surface area contributed by atoms with Crippen LogP contribution in [-0.4, -0.2) is 106 Å². The number of piperazine rings is 2. The molecule has 6 aliphatic rings. The highest BCUT2D eigenvalue weighted by Crippen LogP contribution is 2.39. The number of nitrogens with zero attached hydrogens (tertiary/aromatic N) is 6. The lowest BCUT2D eigenvalue weighted by Crippen LogP contribution is -2.84. The lowest BCUT2D eigenvalue weighted by molar-refractivity contribution is -0.265. The minimum atomic E-state index is 0.600. The highest BCUT2D eigenvalue weighted by Gasteiger charge is 2.55. The summed E-state index contributed by atoms with van der Waals surface area (Å²) < 4.78 is 0. The molecule has 4 saturated heterocycles. The molecule has 6 rings (SSSR count). The van der Waals surface area contributed by atoms with Crippen molar-refractivity contribution in [1.82, 2.24) is 29.4 Å². The van der Waals surface area contributed by atoms with Crippen LogP contribution in [0.3, 0.4) is 0 Å². The molecule has 0 amide bonds. The average Bonchev–Trinajstić information content (AvgIpc) is 3.40. The summed E-state index contributed by atoms with van der Waals surface area (Å²) in [6.45, 7) is 12.3. The first-order valence-electron chi connectivity index (χ1n) is 12.2. The molecule has 0 N–H and O–H groups in total. The largest absolute Gasteiger partial charge is 0.274 e. The van der Waals surface area contributed by atoms with Gasteiger partial charge in [-0.3, -0.25) is 29.4 Å². The van der Waals surface area contributed by atoms with Crippen molar-refractivity contribution in [2.24, 2.45) is 0 Å². The first kappa shape index (κ1) is 18.5. The molecule has 0 radical (unpaired) electrons. The van der Waals surface area contributed by atoms with Crippen molar-refractivity contribution in [3.63, 3.8) is 0 Å². The maximum absolute atomic E-state index is 2.87. The Labute approximate surface area is 171 Å². The Morgan fingerprint density at radius 3 is 1.29 bits per heavy atom. The van der Waals surface area contributed by atoms with Gasteiger partial charge >= 0.3 is 0 Å². The predicted molar refractivity (Wildman–Crippen MR) is 111 cm³/mol. The van der Waals surface area contributed by atoms with Gasteiger partial charge in [0.2, 0.25) is 0 Å². The number of rotatable bonds is 2. The van der Waals surface area contributed by atoms with Gasteiger partial charge in [-0.25, -0.2) is 0 Å². The van der Waals surface area contributed by atoms with Crippen LogP contribution in [0.2, 0.25) is 0 Å². The fourth-order valence-electron chi connectivity index (χ4n) is 7.47. The number of hydrogen-bond donors (Lipinski definition) is 0. The molecule has 158 valence electrons. The van der Waals surface area contributed by atoms with E-state index >= 15 is 0 Å². The van der Waals surface area contributed by atoms with E-state index in [9.17, 15) is 0 Å². The zero-order chi connectivity index (χ0) is 18.8. The average molecular weight is 389 g/mol. The van der Waals surface area contributed by atoms with E-state index in [-0.39, 0.29) is 0 Å². The number of hydrogen-bond acceptors (Lipinski definition) is 6. The van der Waals surface area contributed by atoms with E-state index in [2.05, 4.69) is 43.2 Å². The second-order valence-electron chi connectivity index (χ2n) is 10.7.